The molecule has 0 saturated heterocycles. The second kappa shape index (κ2) is 6.79. The molecule has 0 aliphatic carbocycles. The van der Waals surface area contributed by atoms with Crippen molar-refractivity contribution in [2.75, 3.05) is 21.3 Å². The molecule has 0 N–H and O–H groups in total. The van der Waals surface area contributed by atoms with Crippen LogP contribution < -0.4 is 4.74 Å². The summed E-state index contributed by atoms with van der Waals surface area (Å²) in [6, 6.07) is 1.44. The van der Waals surface area contributed by atoms with Crippen LogP contribution in [0.25, 0.3) is 0 Å². The molecule has 0 aliphatic heterocycles. The van der Waals surface area contributed by atoms with E-state index in [0.29, 0.717) is 0 Å². The summed E-state index contributed by atoms with van der Waals surface area (Å²) in [7, 11) is 4.63. The van der Waals surface area contributed by atoms with E-state index in [9.17, 15) is 10.1 Å². The van der Waals surface area contributed by atoms with Gasteiger partial charge in [-0.25, -0.2) is 0 Å². The average molecular weight is 200 g/mol. The van der Waals surface area contributed by atoms with Crippen LogP contribution in [0.4, 0.5) is 5.69 Å². The number of nitro groups is 1. The summed E-state index contributed by atoms with van der Waals surface area (Å²) in [4.78, 5) is 13.3. The van der Waals surface area contributed by atoms with Gasteiger partial charge in [0.25, 0.3) is 0 Å². The van der Waals surface area contributed by atoms with Crippen molar-refractivity contribution in [2.45, 2.75) is 0 Å². The number of hydrogen-bond donors (Lipinski definition) is 0. The van der Waals surface area contributed by atoms with Gasteiger partial charge in [0, 0.05) is 26.5 Å². The van der Waals surface area contributed by atoms with Crippen LogP contribution in [0.15, 0.2) is 18.5 Å². The van der Waals surface area contributed by atoms with Crippen molar-refractivity contribution in [1.29, 1.82) is 0 Å². The summed E-state index contributed by atoms with van der Waals surface area (Å²) in [6.07, 6.45) is 2.59. The first-order valence-electron chi connectivity index (χ1n) is 3.69. The predicted octanol–water partition coefficient (Wildman–Crippen LogP) is 1.26. The maximum absolute atomic E-state index is 10.3. The molecule has 0 radical (unpaired) electrons. The molecule has 6 heteroatoms. The van der Waals surface area contributed by atoms with Crippen LogP contribution in [-0.2, 0) is 4.74 Å². The van der Waals surface area contributed by atoms with E-state index >= 15 is 0 Å². The molecule has 0 fully saturated rings. The average Bonchev–Trinajstić information content (AvgIpc) is 2.19. The zero-order chi connectivity index (χ0) is 11.0. The Labute approximate surface area is 81.6 Å². The van der Waals surface area contributed by atoms with Crippen LogP contribution in [0.2, 0.25) is 0 Å². The van der Waals surface area contributed by atoms with E-state index < -0.39 is 4.92 Å². The normalized spacial score (nSPS) is 8.50. The second-order valence-corrected chi connectivity index (χ2v) is 2.21. The molecule has 1 heterocycles. The molecule has 0 aliphatic rings. The predicted molar refractivity (Wildman–Crippen MR) is 50.4 cm³/mol. The Balaban J connectivity index is 0.000000500. The highest BCUT2D eigenvalue weighted by molar-refractivity contribution is 5.42. The van der Waals surface area contributed by atoms with Crippen molar-refractivity contribution in [2.24, 2.45) is 0 Å². The maximum atomic E-state index is 10.3. The van der Waals surface area contributed by atoms with Crippen LogP contribution in [-0.4, -0.2) is 31.2 Å². The second-order valence-electron chi connectivity index (χ2n) is 2.21. The minimum atomic E-state index is -0.536. The quantitative estimate of drug-likeness (QED) is 0.530. The van der Waals surface area contributed by atoms with Crippen molar-refractivity contribution in [3.05, 3.63) is 28.6 Å². The highest BCUT2D eigenvalue weighted by atomic mass is 16.6. The number of aromatic nitrogens is 1. The van der Waals surface area contributed by atoms with E-state index in [0.717, 1.165) is 6.20 Å². The zero-order valence-corrected chi connectivity index (χ0v) is 8.26. The molecule has 0 bridgehead atoms. The molecule has 0 spiro atoms. The highest BCUT2D eigenvalue weighted by Gasteiger charge is 2.12. The van der Waals surface area contributed by atoms with E-state index in [2.05, 4.69) is 9.72 Å². The molecular weight excluding hydrogens is 188 g/mol. The lowest BCUT2D eigenvalue weighted by atomic mass is 10.4. The Morgan fingerprint density at radius 1 is 1.43 bits per heavy atom. The summed E-state index contributed by atoms with van der Waals surface area (Å²) in [5.41, 5.74) is -0.116. The fraction of sp³-hybridized carbons (Fsp3) is 0.375. The van der Waals surface area contributed by atoms with Gasteiger partial charge in [-0.3, -0.25) is 15.1 Å². The Morgan fingerprint density at radius 3 is 2.36 bits per heavy atom. The summed E-state index contributed by atoms with van der Waals surface area (Å²) in [5.74, 6) is 0.227. The van der Waals surface area contributed by atoms with Crippen LogP contribution in [0.1, 0.15) is 0 Å². The number of rotatable bonds is 2. The van der Waals surface area contributed by atoms with E-state index in [1.165, 1.54) is 19.4 Å². The Hall–Kier alpha value is -1.69. The fourth-order valence-corrected chi connectivity index (χ4v) is 0.683. The van der Waals surface area contributed by atoms with E-state index in [1.54, 1.807) is 14.2 Å². The smallest absolute Gasteiger partial charge is 0.328 e. The lowest BCUT2D eigenvalue weighted by Gasteiger charge is -1.97. The standard InChI is InChI=1S/C6H6N2O3.C2H6O/c1-11-6-2-3-7-4-5(6)8(9)10;1-3-2/h2-4H,1H3;1-2H3. The van der Waals surface area contributed by atoms with Gasteiger partial charge >= 0.3 is 5.69 Å². The van der Waals surface area contributed by atoms with Crippen LogP contribution in [0.5, 0.6) is 5.75 Å². The van der Waals surface area contributed by atoms with Gasteiger partial charge in [0.05, 0.1) is 12.0 Å². The molecule has 6 nitrogen and oxygen atoms in total. The van der Waals surface area contributed by atoms with Gasteiger partial charge in [-0.1, -0.05) is 0 Å². The first kappa shape index (κ1) is 12.3. The monoisotopic (exact) mass is 200 g/mol. The zero-order valence-electron chi connectivity index (χ0n) is 8.26. The lowest BCUT2D eigenvalue weighted by molar-refractivity contribution is -0.386. The van der Waals surface area contributed by atoms with E-state index in [4.69, 9.17) is 4.74 Å². The van der Waals surface area contributed by atoms with Gasteiger partial charge in [-0.15, -0.1) is 0 Å². The van der Waals surface area contributed by atoms with Crippen molar-refractivity contribution >= 4 is 5.69 Å². The summed E-state index contributed by atoms with van der Waals surface area (Å²) < 4.78 is 8.97. The number of pyridine rings is 1. The molecule has 14 heavy (non-hydrogen) atoms. The minimum Gasteiger partial charge on any atom is -0.490 e. The van der Waals surface area contributed by atoms with E-state index in [-0.39, 0.29) is 11.4 Å². The fourth-order valence-electron chi connectivity index (χ4n) is 0.683. The molecule has 0 aromatic carbocycles. The minimum absolute atomic E-state index is 0.116. The maximum Gasteiger partial charge on any atom is 0.328 e. The van der Waals surface area contributed by atoms with Crippen LogP contribution >= 0.6 is 0 Å². The van der Waals surface area contributed by atoms with E-state index in [1.807, 2.05) is 0 Å². The summed E-state index contributed by atoms with van der Waals surface area (Å²) in [5, 5.41) is 10.3. The van der Waals surface area contributed by atoms with Gasteiger partial charge in [0.1, 0.15) is 6.20 Å². The van der Waals surface area contributed by atoms with Crippen molar-refractivity contribution in [1.82, 2.24) is 4.98 Å². The molecule has 1 rings (SSSR count). The van der Waals surface area contributed by atoms with Gasteiger partial charge in [-0.05, 0) is 0 Å². The van der Waals surface area contributed by atoms with Crippen LogP contribution in [0, 0.1) is 10.1 Å². The molecule has 1 aromatic heterocycles. The van der Waals surface area contributed by atoms with Crippen molar-refractivity contribution < 1.29 is 14.4 Å². The number of nitrogens with zero attached hydrogens (tertiary/aromatic N) is 2. The van der Waals surface area contributed by atoms with Crippen LogP contribution in [0.3, 0.4) is 0 Å². The topological polar surface area (TPSA) is 74.5 Å². The third-order valence-corrected chi connectivity index (χ3v) is 1.18. The van der Waals surface area contributed by atoms with Gasteiger partial charge in [0.15, 0.2) is 5.75 Å². The van der Waals surface area contributed by atoms with Crippen molar-refractivity contribution in [3.63, 3.8) is 0 Å². The molecule has 0 amide bonds. The molecular formula is C8H12N2O4. The number of ether oxygens (including phenoxy) is 2. The molecule has 1 aromatic rings. The first-order chi connectivity index (χ1) is 6.67. The van der Waals surface area contributed by atoms with Crippen molar-refractivity contribution in [3.8, 4) is 5.75 Å². The van der Waals surface area contributed by atoms with Gasteiger partial charge in [0.2, 0.25) is 0 Å². The molecule has 0 unspecified atom stereocenters. The largest absolute Gasteiger partial charge is 0.490 e. The Kier molecular flexibility index (Phi) is 5.97. The van der Waals surface area contributed by atoms with Gasteiger partial charge in [-0.2, -0.15) is 0 Å². The third-order valence-electron chi connectivity index (χ3n) is 1.18. The SMILES string of the molecule is COC.COc1ccncc1[N+](=O)[O-]. The summed E-state index contributed by atoms with van der Waals surface area (Å²) in [6.45, 7) is 0. The summed E-state index contributed by atoms with van der Waals surface area (Å²) >= 11 is 0. The Bertz CT molecular complexity index is 290. The van der Waals surface area contributed by atoms with Gasteiger partial charge < -0.3 is 9.47 Å². The lowest BCUT2D eigenvalue weighted by Crippen LogP contribution is -1.93. The first-order valence-corrected chi connectivity index (χ1v) is 3.69. The number of hydrogen-bond acceptors (Lipinski definition) is 5. The molecule has 78 valence electrons. The number of methoxy groups -OCH3 is 2. The highest BCUT2D eigenvalue weighted by Crippen LogP contribution is 2.23. The third kappa shape index (κ3) is 3.81. The Morgan fingerprint density at radius 2 is 2.00 bits per heavy atom. The molecule has 0 saturated carbocycles. The molecule has 0 atom stereocenters.